The molecule has 6 nitrogen and oxygen atoms in total. The molecular weight excluding hydrogens is 306 g/mol. The van der Waals surface area contributed by atoms with E-state index in [-0.39, 0.29) is 17.9 Å². The highest BCUT2D eigenvalue weighted by molar-refractivity contribution is 6.06. The summed E-state index contributed by atoms with van der Waals surface area (Å²) in [5.74, 6) is 0.788. The Balaban J connectivity index is 1.51. The van der Waals surface area contributed by atoms with E-state index in [0.29, 0.717) is 6.61 Å². The number of hydrogen-bond donors (Lipinski definition) is 2. The number of ether oxygens (including phenoxy) is 1. The summed E-state index contributed by atoms with van der Waals surface area (Å²) in [6.45, 7) is 7.10. The van der Waals surface area contributed by atoms with E-state index in [1.807, 2.05) is 31.2 Å². The summed E-state index contributed by atoms with van der Waals surface area (Å²) in [7, 11) is 0. The fourth-order valence-electron chi connectivity index (χ4n) is 3.50. The van der Waals surface area contributed by atoms with Crippen LogP contribution in [0.3, 0.4) is 0 Å². The predicted octanol–water partition coefficient (Wildman–Crippen LogP) is 1.68. The van der Waals surface area contributed by atoms with E-state index in [9.17, 15) is 9.59 Å². The maximum absolute atomic E-state index is 12.1. The average Bonchev–Trinajstić information content (AvgIpc) is 2.83. The first-order chi connectivity index (χ1) is 11.5. The number of benzene rings is 1. The molecule has 1 aromatic rings. The molecule has 0 spiro atoms. The van der Waals surface area contributed by atoms with Crippen molar-refractivity contribution in [2.45, 2.75) is 32.2 Å². The monoisotopic (exact) mass is 331 g/mol. The number of amides is 3. The maximum Gasteiger partial charge on any atom is 0.322 e. The molecule has 2 heterocycles. The normalized spacial score (nSPS) is 27.7. The number of aryl methyl sites for hydroxylation is 1. The van der Waals surface area contributed by atoms with Gasteiger partial charge in [0, 0.05) is 19.0 Å². The molecule has 1 aromatic carbocycles. The van der Waals surface area contributed by atoms with Crippen LogP contribution in [0.4, 0.5) is 4.79 Å². The van der Waals surface area contributed by atoms with E-state index < -0.39 is 5.54 Å². The minimum atomic E-state index is -0.798. The van der Waals surface area contributed by atoms with Crippen LogP contribution in [-0.4, -0.2) is 48.6 Å². The number of nitrogens with zero attached hydrogens (tertiary/aromatic N) is 1. The third-order valence-corrected chi connectivity index (χ3v) is 5.09. The molecule has 3 rings (SSSR count). The standard InChI is InChI=1S/C18H25N3O3/c1-13-5-7-15(8-6-13)24-11-10-21-9-3-4-14(12-21)18(2)16(22)19-17(23)20-18/h5-8,14H,3-4,9-12H2,1-2H3,(H2,19,20,22,23)/t14-,18-/m0/s1. The smallest absolute Gasteiger partial charge is 0.322 e. The van der Waals surface area contributed by atoms with Gasteiger partial charge in [-0.15, -0.1) is 0 Å². The Labute approximate surface area is 142 Å². The van der Waals surface area contributed by atoms with Crippen LogP contribution in [0.25, 0.3) is 0 Å². The Hall–Kier alpha value is -2.08. The summed E-state index contributed by atoms with van der Waals surface area (Å²) in [5.41, 5.74) is 0.416. The molecule has 0 aliphatic carbocycles. The van der Waals surface area contributed by atoms with Gasteiger partial charge in [-0.25, -0.2) is 4.79 Å². The molecule has 130 valence electrons. The van der Waals surface area contributed by atoms with Crippen molar-refractivity contribution in [2.24, 2.45) is 5.92 Å². The SMILES string of the molecule is Cc1ccc(OCCN2CCC[C@H]([C@]3(C)NC(=O)NC3=O)C2)cc1. The number of imide groups is 1. The fraction of sp³-hybridized carbons (Fsp3) is 0.556. The highest BCUT2D eigenvalue weighted by atomic mass is 16.5. The molecule has 2 fully saturated rings. The van der Waals surface area contributed by atoms with Gasteiger partial charge in [0.15, 0.2) is 0 Å². The molecule has 2 aliphatic heterocycles. The second-order valence-corrected chi connectivity index (χ2v) is 6.91. The predicted molar refractivity (Wildman–Crippen MR) is 90.9 cm³/mol. The summed E-state index contributed by atoms with van der Waals surface area (Å²) in [5, 5.41) is 5.16. The number of carbonyl (C=O) groups excluding carboxylic acids is 2. The van der Waals surface area contributed by atoms with E-state index in [1.165, 1.54) is 5.56 Å². The first-order valence-electron chi connectivity index (χ1n) is 8.53. The van der Waals surface area contributed by atoms with Crippen LogP contribution < -0.4 is 15.4 Å². The van der Waals surface area contributed by atoms with Gasteiger partial charge >= 0.3 is 6.03 Å². The number of urea groups is 1. The topological polar surface area (TPSA) is 70.7 Å². The van der Waals surface area contributed by atoms with Gasteiger partial charge < -0.3 is 10.1 Å². The van der Waals surface area contributed by atoms with E-state index in [4.69, 9.17) is 4.74 Å². The van der Waals surface area contributed by atoms with Crippen molar-refractivity contribution in [3.8, 4) is 5.75 Å². The van der Waals surface area contributed by atoms with E-state index in [1.54, 1.807) is 0 Å². The molecular formula is C18H25N3O3. The molecule has 24 heavy (non-hydrogen) atoms. The van der Waals surface area contributed by atoms with Gasteiger partial charge in [-0.05, 0) is 45.4 Å². The Bertz CT molecular complexity index is 616. The first-order valence-corrected chi connectivity index (χ1v) is 8.53. The lowest BCUT2D eigenvalue weighted by Crippen LogP contribution is -2.56. The van der Waals surface area contributed by atoms with E-state index >= 15 is 0 Å². The van der Waals surface area contributed by atoms with Gasteiger partial charge in [-0.2, -0.15) is 0 Å². The second kappa shape index (κ2) is 6.81. The first kappa shape index (κ1) is 16.8. The third-order valence-electron chi connectivity index (χ3n) is 5.09. The average molecular weight is 331 g/mol. The number of piperidine rings is 1. The molecule has 0 saturated carbocycles. The lowest BCUT2D eigenvalue weighted by atomic mass is 9.80. The molecule has 2 N–H and O–H groups in total. The van der Waals surface area contributed by atoms with Crippen molar-refractivity contribution in [1.29, 1.82) is 0 Å². The molecule has 0 unspecified atom stereocenters. The van der Waals surface area contributed by atoms with Gasteiger partial charge in [-0.1, -0.05) is 17.7 Å². The summed E-state index contributed by atoms with van der Waals surface area (Å²) < 4.78 is 5.80. The highest BCUT2D eigenvalue weighted by Gasteiger charge is 2.48. The summed E-state index contributed by atoms with van der Waals surface area (Å²) >= 11 is 0. The number of rotatable bonds is 5. The molecule has 2 aliphatic rings. The lowest BCUT2D eigenvalue weighted by molar-refractivity contribution is -0.126. The van der Waals surface area contributed by atoms with Crippen LogP contribution in [-0.2, 0) is 4.79 Å². The maximum atomic E-state index is 12.1. The Kier molecular flexibility index (Phi) is 4.76. The van der Waals surface area contributed by atoms with Crippen LogP contribution in [0.1, 0.15) is 25.3 Å². The number of likely N-dealkylation sites (tertiary alicyclic amines) is 1. The van der Waals surface area contributed by atoms with Crippen molar-refractivity contribution >= 4 is 11.9 Å². The zero-order chi connectivity index (χ0) is 17.2. The Morgan fingerprint density at radius 2 is 2.04 bits per heavy atom. The lowest BCUT2D eigenvalue weighted by Gasteiger charge is -2.39. The highest BCUT2D eigenvalue weighted by Crippen LogP contribution is 2.29. The fourth-order valence-corrected chi connectivity index (χ4v) is 3.50. The number of nitrogens with one attached hydrogen (secondary N) is 2. The quantitative estimate of drug-likeness (QED) is 0.806. The largest absolute Gasteiger partial charge is 0.492 e. The van der Waals surface area contributed by atoms with Gasteiger partial charge in [0.2, 0.25) is 0 Å². The van der Waals surface area contributed by atoms with Crippen LogP contribution in [0, 0.1) is 12.8 Å². The van der Waals surface area contributed by atoms with Crippen molar-refractivity contribution in [3.05, 3.63) is 29.8 Å². The van der Waals surface area contributed by atoms with Crippen LogP contribution in [0.5, 0.6) is 5.75 Å². The van der Waals surface area contributed by atoms with Gasteiger partial charge in [0.1, 0.15) is 17.9 Å². The summed E-state index contributed by atoms with van der Waals surface area (Å²) in [6.07, 6.45) is 1.97. The van der Waals surface area contributed by atoms with Crippen molar-refractivity contribution < 1.29 is 14.3 Å². The van der Waals surface area contributed by atoms with E-state index in [2.05, 4.69) is 22.5 Å². The van der Waals surface area contributed by atoms with Crippen molar-refractivity contribution in [2.75, 3.05) is 26.2 Å². The summed E-state index contributed by atoms with van der Waals surface area (Å²) in [4.78, 5) is 25.9. The molecule has 0 aromatic heterocycles. The number of hydrogen-bond acceptors (Lipinski definition) is 4. The van der Waals surface area contributed by atoms with Gasteiger partial charge in [0.05, 0.1) is 0 Å². The molecule has 6 heteroatoms. The minimum absolute atomic E-state index is 0.122. The van der Waals surface area contributed by atoms with Crippen LogP contribution >= 0.6 is 0 Å². The van der Waals surface area contributed by atoms with Crippen LogP contribution in [0.15, 0.2) is 24.3 Å². The van der Waals surface area contributed by atoms with Crippen molar-refractivity contribution in [3.63, 3.8) is 0 Å². The zero-order valence-electron chi connectivity index (χ0n) is 14.3. The number of carbonyl (C=O) groups is 2. The molecule has 3 amide bonds. The molecule has 0 bridgehead atoms. The van der Waals surface area contributed by atoms with E-state index in [0.717, 1.165) is 38.2 Å². The second-order valence-electron chi connectivity index (χ2n) is 6.91. The Morgan fingerprint density at radius 3 is 2.71 bits per heavy atom. The van der Waals surface area contributed by atoms with Crippen LogP contribution in [0.2, 0.25) is 0 Å². The third kappa shape index (κ3) is 3.53. The van der Waals surface area contributed by atoms with Gasteiger partial charge in [0.25, 0.3) is 5.91 Å². The van der Waals surface area contributed by atoms with Crippen molar-refractivity contribution in [1.82, 2.24) is 15.5 Å². The molecule has 0 radical (unpaired) electrons. The zero-order valence-corrected chi connectivity index (χ0v) is 14.3. The summed E-state index contributed by atoms with van der Waals surface area (Å²) in [6, 6.07) is 7.65. The van der Waals surface area contributed by atoms with Gasteiger partial charge in [-0.3, -0.25) is 15.0 Å². The minimum Gasteiger partial charge on any atom is -0.492 e. The molecule has 2 saturated heterocycles. The molecule has 2 atom stereocenters. The Morgan fingerprint density at radius 1 is 1.29 bits per heavy atom.